The summed E-state index contributed by atoms with van der Waals surface area (Å²) in [6.07, 6.45) is 2.06. The van der Waals surface area contributed by atoms with E-state index in [9.17, 15) is 14.4 Å². The first-order chi connectivity index (χ1) is 10.8. The van der Waals surface area contributed by atoms with Gasteiger partial charge in [0.2, 0.25) is 11.8 Å². The molecule has 23 heavy (non-hydrogen) atoms. The molecule has 1 heterocycles. The molecule has 0 saturated carbocycles. The van der Waals surface area contributed by atoms with Crippen molar-refractivity contribution in [2.24, 2.45) is 11.8 Å². The second-order valence-electron chi connectivity index (χ2n) is 6.48. The molecule has 1 N–H and O–H groups in total. The van der Waals surface area contributed by atoms with E-state index in [4.69, 9.17) is 5.11 Å². The fourth-order valence-corrected chi connectivity index (χ4v) is 3.53. The van der Waals surface area contributed by atoms with Crippen molar-refractivity contribution in [3.8, 4) is 0 Å². The largest absolute Gasteiger partial charge is 0.481 e. The standard InChI is InChI=1S/C16H28N2O4S/c1-12(2)6-9-23-11-15(20)17(3)10-14(19)18-7-4-13(5-8-18)16(21)22/h12-13H,4-11H2,1-3H3,(H,21,22). The van der Waals surface area contributed by atoms with Crippen molar-refractivity contribution < 1.29 is 19.5 Å². The van der Waals surface area contributed by atoms with Crippen LogP contribution in [0.15, 0.2) is 0 Å². The summed E-state index contributed by atoms with van der Waals surface area (Å²) < 4.78 is 0. The van der Waals surface area contributed by atoms with Gasteiger partial charge >= 0.3 is 5.97 Å². The number of hydrogen-bond donors (Lipinski definition) is 1. The number of aliphatic carboxylic acids is 1. The zero-order valence-corrected chi connectivity index (χ0v) is 15.1. The minimum atomic E-state index is -0.789. The van der Waals surface area contributed by atoms with Gasteiger partial charge in [0.15, 0.2) is 0 Å². The van der Waals surface area contributed by atoms with Crippen molar-refractivity contribution in [1.82, 2.24) is 9.80 Å². The van der Waals surface area contributed by atoms with Crippen LogP contribution in [0.5, 0.6) is 0 Å². The Balaban J connectivity index is 2.28. The predicted octanol–water partition coefficient (Wildman–Crippen LogP) is 1.55. The summed E-state index contributed by atoms with van der Waals surface area (Å²) in [6, 6.07) is 0. The van der Waals surface area contributed by atoms with E-state index >= 15 is 0 Å². The normalized spacial score (nSPS) is 15.7. The maximum atomic E-state index is 12.2. The van der Waals surface area contributed by atoms with Gasteiger partial charge in [-0.2, -0.15) is 11.8 Å². The molecule has 2 amide bonds. The van der Waals surface area contributed by atoms with Crippen LogP contribution in [0.1, 0.15) is 33.1 Å². The number of carbonyl (C=O) groups is 3. The average molecular weight is 344 g/mol. The molecule has 0 bridgehead atoms. The fourth-order valence-electron chi connectivity index (χ4n) is 2.36. The Morgan fingerprint density at radius 3 is 2.39 bits per heavy atom. The second-order valence-corrected chi connectivity index (χ2v) is 7.58. The third-order valence-corrected chi connectivity index (χ3v) is 5.04. The quantitative estimate of drug-likeness (QED) is 0.676. The van der Waals surface area contributed by atoms with E-state index in [2.05, 4.69) is 13.8 Å². The third-order valence-electron chi connectivity index (χ3n) is 4.06. The van der Waals surface area contributed by atoms with Crippen molar-refractivity contribution in [1.29, 1.82) is 0 Å². The molecule has 132 valence electrons. The van der Waals surface area contributed by atoms with E-state index < -0.39 is 5.97 Å². The van der Waals surface area contributed by atoms with Gasteiger partial charge in [-0.1, -0.05) is 13.8 Å². The highest BCUT2D eigenvalue weighted by Crippen LogP contribution is 2.17. The first-order valence-corrected chi connectivity index (χ1v) is 9.29. The number of carboxylic acid groups (broad SMARTS) is 1. The van der Waals surface area contributed by atoms with Gasteiger partial charge < -0.3 is 14.9 Å². The van der Waals surface area contributed by atoms with E-state index in [0.29, 0.717) is 37.6 Å². The first kappa shape index (κ1) is 19.8. The highest BCUT2D eigenvalue weighted by atomic mass is 32.2. The summed E-state index contributed by atoms with van der Waals surface area (Å²) in [6.45, 7) is 5.30. The minimum absolute atomic E-state index is 0.0347. The Kier molecular flexibility index (Phi) is 8.44. The second kappa shape index (κ2) is 9.80. The maximum absolute atomic E-state index is 12.2. The van der Waals surface area contributed by atoms with Gasteiger partial charge in [-0.05, 0) is 30.9 Å². The van der Waals surface area contributed by atoms with E-state index in [1.807, 2.05) is 0 Å². The monoisotopic (exact) mass is 344 g/mol. The Labute approximate surface area is 142 Å². The zero-order valence-electron chi connectivity index (χ0n) is 14.3. The van der Waals surface area contributed by atoms with Crippen molar-refractivity contribution in [2.45, 2.75) is 33.1 Å². The lowest BCUT2D eigenvalue weighted by atomic mass is 9.97. The van der Waals surface area contributed by atoms with Gasteiger partial charge in [0.1, 0.15) is 0 Å². The number of rotatable bonds is 8. The molecular weight excluding hydrogens is 316 g/mol. The molecule has 0 spiro atoms. The number of hydrogen-bond acceptors (Lipinski definition) is 4. The molecule has 1 fully saturated rings. The highest BCUT2D eigenvalue weighted by molar-refractivity contribution is 7.99. The Morgan fingerprint density at radius 2 is 1.87 bits per heavy atom. The van der Waals surface area contributed by atoms with Crippen LogP contribution in [0.4, 0.5) is 0 Å². The molecule has 0 aromatic heterocycles. The fraction of sp³-hybridized carbons (Fsp3) is 0.812. The van der Waals surface area contributed by atoms with Crippen LogP contribution in [0.25, 0.3) is 0 Å². The molecule has 1 aliphatic heterocycles. The molecule has 1 aliphatic rings. The van der Waals surface area contributed by atoms with E-state index in [-0.39, 0.29) is 24.3 Å². The summed E-state index contributed by atoms with van der Waals surface area (Å²) in [5.74, 6) is 0.708. The van der Waals surface area contributed by atoms with Crippen LogP contribution in [0.2, 0.25) is 0 Å². The first-order valence-electron chi connectivity index (χ1n) is 8.13. The minimum Gasteiger partial charge on any atom is -0.481 e. The van der Waals surface area contributed by atoms with Crippen LogP contribution in [0.3, 0.4) is 0 Å². The topological polar surface area (TPSA) is 77.9 Å². The summed E-state index contributed by atoms with van der Waals surface area (Å²) in [5, 5.41) is 8.96. The Hall–Kier alpha value is -1.24. The summed E-state index contributed by atoms with van der Waals surface area (Å²) >= 11 is 1.60. The number of amides is 2. The lowest BCUT2D eigenvalue weighted by Crippen LogP contribution is -2.45. The Morgan fingerprint density at radius 1 is 1.26 bits per heavy atom. The number of carbonyl (C=O) groups excluding carboxylic acids is 2. The molecule has 0 aromatic rings. The van der Waals surface area contributed by atoms with Gasteiger partial charge in [0.05, 0.1) is 18.2 Å². The number of likely N-dealkylation sites (N-methyl/N-ethyl adjacent to an activating group) is 1. The van der Waals surface area contributed by atoms with E-state index in [1.54, 1.807) is 23.7 Å². The number of nitrogens with zero attached hydrogens (tertiary/aromatic N) is 2. The number of likely N-dealkylation sites (tertiary alicyclic amines) is 1. The van der Waals surface area contributed by atoms with Crippen molar-refractivity contribution in [2.75, 3.05) is 38.2 Å². The molecule has 0 aliphatic carbocycles. The highest BCUT2D eigenvalue weighted by Gasteiger charge is 2.27. The predicted molar refractivity (Wildman–Crippen MR) is 91.4 cm³/mol. The van der Waals surface area contributed by atoms with Crippen molar-refractivity contribution in [3.05, 3.63) is 0 Å². The lowest BCUT2D eigenvalue weighted by Gasteiger charge is -2.31. The smallest absolute Gasteiger partial charge is 0.306 e. The van der Waals surface area contributed by atoms with Gasteiger partial charge in [-0.15, -0.1) is 0 Å². The van der Waals surface area contributed by atoms with Crippen molar-refractivity contribution >= 4 is 29.5 Å². The molecular formula is C16H28N2O4S. The van der Waals surface area contributed by atoms with Crippen LogP contribution in [-0.4, -0.2) is 70.9 Å². The molecule has 7 heteroatoms. The Bertz CT molecular complexity index is 420. The van der Waals surface area contributed by atoms with Gasteiger partial charge in [0, 0.05) is 20.1 Å². The zero-order chi connectivity index (χ0) is 17.4. The van der Waals surface area contributed by atoms with Gasteiger partial charge in [-0.25, -0.2) is 0 Å². The summed E-state index contributed by atoms with van der Waals surface area (Å²) in [4.78, 5) is 38.2. The molecule has 1 rings (SSSR count). The van der Waals surface area contributed by atoms with Crippen LogP contribution in [-0.2, 0) is 14.4 Å². The SMILES string of the molecule is CC(C)CCSCC(=O)N(C)CC(=O)N1CCC(C(=O)O)CC1. The van der Waals surface area contributed by atoms with Crippen LogP contribution in [0, 0.1) is 11.8 Å². The van der Waals surface area contributed by atoms with E-state index in [1.165, 1.54) is 4.90 Å². The molecule has 1 saturated heterocycles. The average Bonchev–Trinajstić information content (AvgIpc) is 2.51. The van der Waals surface area contributed by atoms with Gasteiger partial charge in [0.25, 0.3) is 0 Å². The van der Waals surface area contributed by atoms with Gasteiger partial charge in [-0.3, -0.25) is 14.4 Å². The summed E-state index contributed by atoms with van der Waals surface area (Å²) in [7, 11) is 1.65. The van der Waals surface area contributed by atoms with Crippen LogP contribution >= 0.6 is 11.8 Å². The molecule has 0 aromatic carbocycles. The lowest BCUT2D eigenvalue weighted by molar-refractivity contribution is -0.146. The molecule has 0 atom stereocenters. The molecule has 0 unspecified atom stereocenters. The number of thioether (sulfide) groups is 1. The third kappa shape index (κ3) is 7.24. The van der Waals surface area contributed by atoms with Crippen molar-refractivity contribution in [3.63, 3.8) is 0 Å². The summed E-state index contributed by atoms with van der Waals surface area (Å²) in [5.41, 5.74) is 0. The number of carboxylic acids is 1. The molecule has 6 nitrogen and oxygen atoms in total. The number of piperidine rings is 1. The van der Waals surface area contributed by atoms with E-state index in [0.717, 1.165) is 12.2 Å². The molecule has 0 radical (unpaired) electrons. The maximum Gasteiger partial charge on any atom is 0.306 e. The van der Waals surface area contributed by atoms with Crippen LogP contribution < -0.4 is 0 Å².